The van der Waals surface area contributed by atoms with Crippen LogP contribution in [0.4, 0.5) is 0 Å². The summed E-state index contributed by atoms with van der Waals surface area (Å²) in [6, 6.07) is 15.0. The fourth-order valence-electron chi connectivity index (χ4n) is 3.54. The van der Waals surface area contributed by atoms with Gasteiger partial charge >= 0.3 is 0 Å². The third-order valence-electron chi connectivity index (χ3n) is 5.40. The zero-order chi connectivity index (χ0) is 22.9. The van der Waals surface area contributed by atoms with Gasteiger partial charge in [0.05, 0.1) is 26.4 Å². The number of carbonyl (C=O) groups is 2. The number of benzene rings is 2. The number of morpholine rings is 1. The van der Waals surface area contributed by atoms with Crippen molar-refractivity contribution in [3.63, 3.8) is 0 Å². The summed E-state index contributed by atoms with van der Waals surface area (Å²) in [5.41, 5.74) is 1.59. The quantitative estimate of drug-likeness (QED) is 0.641. The molecule has 0 spiro atoms. The standard InChI is InChI=1S/C24H31N3O5/c1-26(2)20(18-7-5-4-6-8-18)16-25-24(29)19-9-10-21(22(15-19)30-3)32-17-23(28)27-11-13-31-14-12-27/h4-10,15,20H,11-14,16-17H2,1-3H3,(H,25,29). The molecule has 172 valence electrons. The molecule has 1 saturated heterocycles. The molecule has 1 unspecified atom stereocenters. The average Bonchev–Trinajstić information content (AvgIpc) is 2.83. The first-order valence-electron chi connectivity index (χ1n) is 10.7. The molecule has 2 aromatic rings. The van der Waals surface area contributed by atoms with Crippen molar-refractivity contribution in [2.45, 2.75) is 6.04 Å². The summed E-state index contributed by atoms with van der Waals surface area (Å²) in [5.74, 6) is 0.510. The smallest absolute Gasteiger partial charge is 0.260 e. The van der Waals surface area contributed by atoms with Crippen molar-refractivity contribution in [3.05, 3.63) is 59.7 Å². The Labute approximate surface area is 189 Å². The maximum absolute atomic E-state index is 12.8. The monoisotopic (exact) mass is 441 g/mol. The number of hydrogen-bond donors (Lipinski definition) is 1. The number of amides is 2. The van der Waals surface area contributed by atoms with Crippen LogP contribution in [0.5, 0.6) is 11.5 Å². The Morgan fingerprint density at radius 3 is 2.47 bits per heavy atom. The van der Waals surface area contributed by atoms with Crippen LogP contribution in [0.2, 0.25) is 0 Å². The van der Waals surface area contributed by atoms with Gasteiger partial charge in [0.2, 0.25) is 0 Å². The van der Waals surface area contributed by atoms with Crippen LogP contribution in [-0.4, -0.2) is 82.3 Å². The SMILES string of the molecule is COc1cc(C(=O)NCC(c2ccccc2)N(C)C)ccc1OCC(=O)N1CCOCC1. The molecule has 3 rings (SSSR count). The Hall–Kier alpha value is -3.10. The maximum atomic E-state index is 12.8. The number of nitrogens with one attached hydrogen (secondary N) is 1. The van der Waals surface area contributed by atoms with E-state index in [0.717, 1.165) is 5.56 Å². The van der Waals surface area contributed by atoms with Gasteiger partial charge in [-0.2, -0.15) is 0 Å². The Morgan fingerprint density at radius 2 is 1.81 bits per heavy atom. The maximum Gasteiger partial charge on any atom is 0.260 e. The molecule has 0 saturated carbocycles. The largest absolute Gasteiger partial charge is 0.493 e. The number of hydrogen-bond acceptors (Lipinski definition) is 6. The first-order valence-corrected chi connectivity index (χ1v) is 10.7. The zero-order valence-corrected chi connectivity index (χ0v) is 18.9. The lowest BCUT2D eigenvalue weighted by Crippen LogP contribution is -2.43. The Kier molecular flexibility index (Phi) is 8.47. The molecule has 1 aliphatic heterocycles. The number of methoxy groups -OCH3 is 1. The molecular weight excluding hydrogens is 410 g/mol. The fraction of sp³-hybridized carbons (Fsp3) is 0.417. The minimum absolute atomic E-state index is 0.0517. The molecule has 1 fully saturated rings. The molecule has 0 aromatic heterocycles. The lowest BCUT2D eigenvalue weighted by molar-refractivity contribution is -0.137. The van der Waals surface area contributed by atoms with Gasteiger partial charge in [0, 0.05) is 25.2 Å². The molecule has 8 nitrogen and oxygen atoms in total. The summed E-state index contributed by atoms with van der Waals surface area (Å²) in [4.78, 5) is 28.8. The molecule has 0 bridgehead atoms. The predicted molar refractivity (Wildman–Crippen MR) is 121 cm³/mol. The lowest BCUT2D eigenvalue weighted by Gasteiger charge is -2.26. The van der Waals surface area contributed by atoms with Crippen molar-refractivity contribution in [3.8, 4) is 11.5 Å². The van der Waals surface area contributed by atoms with Crippen molar-refractivity contribution >= 4 is 11.8 Å². The zero-order valence-electron chi connectivity index (χ0n) is 18.9. The highest BCUT2D eigenvalue weighted by molar-refractivity contribution is 5.95. The molecule has 1 aliphatic rings. The molecule has 0 aliphatic carbocycles. The predicted octanol–water partition coefficient (Wildman–Crippen LogP) is 1.97. The van der Waals surface area contributed by atoms with Crippen LogP contribution < -0.4 is 14.8 Å². The van der Waals surface area contributed by atoms with E-state index in [4.69, 9.17) is 14.2 Å². The van der Waals surface area contributed by atoms with Crippen molar-refractivity contribution in [2.24, 2.45) is 0 Å². The Morgan fingerprint density at radius 1 is 1.09 bits per heavy atom. The normalized spacial score (nSPS) is 14.7. The average molecular weight is 442 g/mol. The van der Waals surface area contributed by atoms with Crippen molar-refractivity contribution in [2.75, 3.05) is 60.7 Å². The Balaban J connectivity index is 1.60. The summed E-state index contributed by atoms with van der Waals surface area (Å²) >= 11 is 0. The van der Waals surface area contributed by atoms with Gasteiger partial charge in [-0.25, -0.2) is 0 Å². The molecule has 1 N–H and O–H groups in total. The minimum atomic E-state index is -0.206. The highest BCUT2D eigenvalue weighted by atomic mass is 16.5. The van der Waals surface area contributed by atoms with Gasteiger partial charge < -0.3 is 29.3 Å². The van der Waals surface area contributed by atoms with Crippen LogP contribution in [-0.2, 0) is 9.53 Å². The van der Waals surface area contributed by atoms with Crippen molar-refractivity contribution in [1.29, 1.82) is 0 Å². The molecule has 2 aromatic carbocycles. The van der Waals surface area contributed by atoms with E-state index in [2.05, 4.69) is 10.2 Å². The van der Waals surface area contributed by atoms with Crippen LogP contribution in [0.15, 0.2) is 48.5 Å². The van der Waals surface area contributed by atoms with Crippen LogP contribution >= 0.6 is 0 Å². The van der Waals surface area contributed by atoms with E-state index in [-0.39, 0.29) is 24.5 Å². The van der Waals surface area contributed by atoms with Crippen LogP contribution in [0.1, 0.15) is 22.0 Å². The second-order valence-corrected chi connectivity index (χ2v) is 7.75. The topological polar surface area (TPSA) is 80.3 Å². The summed E-state index contributed by atoms with van der Waals surface area (Å²) in [7, 11) is 5.47. The molecule has 32 heavy (non-hydrogen) atoms. The van der Waals surface area contributed by atoms with Gasteiger partial charge in [-0.05, 0) is 37.9 Å². The van der Waals surface area contributed by atoms with Crippen molar-refractivity contribution in [1.82, 2.24) is 15.1 Å². The highest BCUT2D eigenvalue weighted by Crippen LogP contribution is 2.28. The summed E-state index contributed by atoms with van der Waals surface area (Å²) in [5, 5.41) is 2.99. The summed E-state index contributed by atoms with van der Waals surface area (Å²) in [6.45, 7) is 2.58. The number of likely N-dealkylation sites (N-methyl/N-ethyl adjacent to an activating group) is 1. The first kappa shape index (κ1) is 23.6. The van der Waals surface area contributed by atoms with E-state index in [1.54, 1.807) is 23.1 Å². The van der Waals surface area contributed by atoms with Gasteiger partial charge in [-0.1, -0.05) is 30.3 Å². The van der Waals surface area contributed by atoms with E-state index in [1.807, 2.05) is 44.4 Å². The third-order valence-corrected chi connectivity index (χ3v) is 5.40. The van der Waals surface area contributed by atoms with Crippen molar-refractivity contribution < 1.29 is 23.8 Å². The summed E-state index contributed by atoms with van der Waals surface area (Å²) < 4.78 is 16.3. The van der Waals surface area contributed by atoms with Gasteiger partial charge in [-0.3, -0.25) is 9.59 Å². The fourth-order valence-corrected chi connectivity index (χ4v) is 3.54. The van der Waals surface area contributed by atoms with E-state index in [9.17, 15) is 9.59 Å². The van der Waals surface area contributed by atoms with Gasteiger partial charge in [-0.15, -0.1) is 0 Å². The molecular formula is C24H31N3O5. The second-order valence-electron chi connectivity index (χ2n) is 7.75. The first-order chi connectivity index (χ1) is 15.5. The summed E-state index contributed by atoms with van der Waals surface area (Å²) in [6.07, 6.45) is 0. The van der Waals surface area contributed by atoms with Crippen LogP contribution in [0, 0.1) is 0 Å². The number of nitrogens with zero attached hydrogens (tertiary/aromatic N) is 2. The molecule has 1 atom stereocenters. The van der Waals surface area contributed by atoms with E-state index in [0.29, 0.717) is 49.9 Å². The second kappa shape index (κ2) is 11.5. The lowest BCUT2D eigenvalue weighted by atomic mass is 10.1. The van der Waals surface area contributed by atoms with Crippen LogP contribution in [0.3, 0.4) is 0 Å². The van der Waals surface area contributed by atoms with E-state index >= 15 is 0 Å². The third kappa shape index (κ3) is 6.21. The van der Waals surface area contributed by atoms with E-state index in [1.165, 1.54) is 7.11 Å². The van der Waals surface area contributed by atoms with Crippen LogP contribution in [0.25, 0.3) is 0 Å². The highest BCUT2D eigenvalue weighted by Gasteiger charge is 2.19. The number of ether oxygens (including phenoxy) is 3. The number of carbonyl (C=O) groups excluding carboxylic acids is 2. The molecule has 0 radical (unpaired) electrons. The van der Waals surface area contributed by atoms with Gasteiger partial charge in [0.1, 0.15) is 0 Å². The molecule has 2 amide bonds. The van der Waals surface area contributed by atoms with Gasteiger partial charge in [0.15, 0.2) is 18.1 Å². The Bertz CT molecular complexity index is 898. The van der Waals surface area contributed by atoms with E-state index < -0.39 is 0 Å². The van der Waals surface area contributed by atoms with Gasteiger partial charge in [0.25, 0.3) is 11.8 Å². The molecule has 1 heterocycles. The minimum Gasteiger partial charge on any atom is -0.493 e. The number of rotatable bonds is 9. The molecule has 8 heteroatoms.